The van der Waals surface area contributed by atoms with Crippen LogP contribution in [0.5, 0.6) is 5.75 Å². The Morgan fingerprint density at radius 3 is 2.48 bits per heavy atom. The van der Waals surface area contributed by atoms with Gasteiger partial charge in [-0.05, 0) is 49.1 Å². The van der Waals surface area contributed by atoms with Gasteiger partial charge in [-0.1, -0.05) is 13.8 Å². The molecule has 6 heteroatoms. The molecule has 1 aromatic carbocycles. The number of hydrogen-bond donors (Lipinski definition) is 2. The molecule has 4 nitrogen and oxygen atoms in total. The zero-order valence-corrected chi connectivity index (χ0v) is 12.4. The van der Waals surface area contributed by atoms with E-state index >= 15 is 0 Å². The van der Waals surface area contributed by atoms with Crippen molar-refractivity contribution in [3.8, 4) is 5.75 Å². The van der Waals surface area contributed by atoms with Crippen LogP contribution in [0.4, 0.5) is 8.78 Å². The molecular weight excluding hydrogens is 278 g/mol. The highest BCUT2D eigenvalue weighted by molar-refractivity contribution is 5.94. The van der Waals surface area contributed by atoms with Gasteiger partial charge in [-0.25, -0.2) is 0 Å². The Morgan fingerprint density at radius 2 is 1.95 bits per heavy atom. The van der Waals surface area contributed by atoms with Crippen LogP contribution in [0.2, 0.25) is 0 Å². The maximum absolute atomic E-state index is 12.0. The van der Waals surface area contributed by atoms with E-state index in [0.29, 0.717) is 18.7 Å². The maximum Gasteiger partial charge on any atom is 0.387 e. The lowest BCUT2D eigenvalue weighted by atomic mass is 9.87. The first-order chi connectivity index (χ1) is 9.84. The number of ether oxygens (including phenoxy) is 1. The van der Waals surface area contributed by atoms with Gasteiger partial charge in [0.25, 0.3) is 5.91 Å². The maximum atomic E-state index is 12.0. The Labute approximate surface area is 123 Å². The highest BCUT2D eigenvalue weighted by Gasteiger charge is 2.18. The predicted molar refractivity (Wildman–Crippen MR) is 77.5 cm³/mol. The number of nitrogens with one attached hydrogen (secondary N) is 1. The van der Waals surface area contributed by atoms with E-state index in [4.69, 9.17) is 5.73 Å². The van der Waals surface area contributed by atoms with Gasteiger partial charge < -0.3 is 15.8 Å². The van der Waals surface area contributed by atoms with Crippen molar-refractivity contribution >= 4 is 5.91 Å². The van der Waals surface area contributed by atoms with Crippen LogP contribution in [0.3, 0.4) is 0 Å². The van der Waals surface area contributed by atoms with E-state index in [1.807, 2.05) is 0 Å². The van der Waals surface area contributed by atoms with Crippen LogP contribution in [0.25, 0.3) is 0 Å². The van der Waals surface area contributed by atoms with Crippen molar-refractivity contribution in [2.45, 2.75) is 33.3 Å². The summed E-state index contributed by atoms with van der Waals surface area (Å²) < 4.78 is 28.3. The summed E-state index contributed by atoms with van der Waals surface area (Å²) in [5.41, 5.74) is 5.85. The number of rotatable bonds is 8. The van der Waals surface area contributed by atoms with E-state index in [0.717, 1.165) is 12.8 Å². The SMILES string of the molecule is CC(C)(CCCN)CNC(=O)c1ccc(OC(F)F)cc1. The van der Waals surface area contributed by atoms with Gasteiger partial charge in [0.1, 0.15) is 5.75 Å². The van der Waals surface area contributed by atoms with Crippen molar-refractivity contribution < 1.29 is 18.3 Å². The van der Waals surface area contributed by atoms with E-state index in [1.54, 1.807) is 0 Å². The summed E-state index contributed by atoms with van der Waals surface area (Å²) in [6.07, 6.45) is 1.83. The third-order valence-electron chi connectivity index (χ3n) is 3.13. The second-order valence-corrected chi connectivity index (χ2v) is 5.64. The monoisotopic (exact) mass is 300 g/mol. The first kappa shape index (κ1) is 17.4. The topological polar surface area (TPSA) is 64.3 Å². The van der Waals surface area contributed by atoms with Crippen LogP contribution in [-0.2, 0) is 0 Å². The number of amides is 1. The van der Waals surface area contributed by atoms with Gasteiger partial charge in [-0.3, -0.25) is 4.79 Å². The van der Waals surface area contributed by atoms with Gasteiger partial charge >= 0.3 is 6.61 Å². The summed E-state index contributed by atoms with van der Waals surface area (Å²) in [5.74, 6) is -0.204. The van der Waals surface area contributed by atoms with E-state index in [-0.39, 0.29) is 17.1 Å². The fourth-order valence-corrected chi connectivity index (χ4v) is 1.88. The summed E-state index contributed by atoms with van der Waals surface area (Å²) >= 11 is 0. The largest absolute Gasteiger partial charge is 0.435 e. The van der Waals surface area contributed by atoms with Gasteiger partial charge in [-0.2, -0.15) is 8.78 Å². The first-order valence-electron chi connectivity index (χ1n) is 6.87. The molecular formula is C15H22F2N2O2. The van der Waals surface area contributed by atoms with Crippen molar-refractivity contribution in [1.29, 1.82) is 0 Å². The molecule has 0 aromatic heterocycles. The summed E-state index contributed by atoms with van der Waals surface area (Å²) in [6.45, 7) is 2.41. The summed E-state index contributed by atoms with van der Waals surface area (Å²) in [5, 5.41) is 2.84. The fraction of sp³-hybridized carbons (Fsp3) is 0.533. The van der Waals surface area contributed by atoms with Crippen LogP contribution in [0.15, 0.2) is 24.3 Å². The zero-order chi connectivity index (χ0) is 15.9. The summed E-state index contributed by atoms with van der Waals surface area (Å²) in [7, 11) is 0. The average Bonchev–Trinajstić information content (AvgIpc) is 2.43. The smallest absolute Gasteiger partial charge is 0.387 e. The molecule has 0 bridgehead atoms. The van der Waals surface area contributed by atoms with E-state index in [1.165, 1.54) is 24.3 Å². The minimum atomic E-state index is -2.87. The second-order valence-electron chi connectivity index (χ2n) is 5.64. The number of nitrogens with two attached hydrogens (primary N) is 1. The van der Waals surface area contributed by atoms with E-state index < -0.39 is 6.61 Å². The standard InChI is InChI=1S/C15H22F2N2O2/c1-15(2,8-3-9-18)10-19-13(20)11-4-6-12(7-5-11)21-14(16)17/h4-7,14H,3,8-10,18H2,1-2H3,(H,19,20). The Balaban J connectivity index is 2.52. The molecule has 1 aromatic rings. The highest BCUT2D eigenvalue weighted by atomic mass is 19.3. The average molecular weight is 300 g/mol. The predicted octanol–water partition coefficient (Wildman–Crippen LogP) is 2.78. The molecule has 1 rings (SSSR count). The quantitative estimate of drug-likeness (QED) is 0.776. The third-order valence-corrected chi connectivity index (χ3v) is 3.13. The summed E-state index contributed by atoms with van der Waals surface area (Å²) in [6, 6.07) is 5.61. The molecule has 118 valence electrons. The molecule has 0 aliphatic carbocycles. The first-order valence-corrected chi connectivity index (χ1v) is 6.87. The van der Waals surface area contributed by atoms with Crippen molar-refractivity contribution in [2.75, 3.05) is 13.1 Å². The molecule has 1 amide bonds. The highest BCUT2D eigenvalue weighted by Crippen LogP contribution is 2.21. The second kappa shape index (κ2) is 7.93. The lowest BCUT2D eigenvalue weighted by Crippen LogP contribution is -2.34. The number of carbonyl (C=O) groups is 1. The van der Waals surface area contributed by atoms with Gasteiger partial charge in [0.15, 0.2) is 0 Å². The molecule has 0 atom stereocenters. The van der Waals surface area contributed by atoms with Crippen molar-refractivity contribution in [3.05, 3.63) is 29.8 Å². The minimum Gasteiger partial charge on any atom is -0.435 e. The van der Waals surface area contributed by atoms with Gasteiger partial charge in [0, 0.05) is 12.1 Å². The van der Waals surface area contributed by atoms with Crippen LogP contribution in [-0.4, -0.2) is 25.6 Å². The molecule has 0 saturated heterocycles. The van der Waals surface area contributed by atoms with E-state index in [9.17, 15) is 13.6 Å². The molecule has 21 heavy (non-hydrogen) atoms. The molecule has 3 N–H and O–H groups in total. The van der Waals surface area contributed by atoms with E-state index in [2.05, 4.69) is 23.9 Å². The van der Waals surface area contributed by atoms with Gasteiger partial charge in [0.05, 0.1) is 0 Å². The molecule has 0 saturated carbocycles. The molecule has 0 heterocycles. The van der Waals surface area contributed by atoms with Crippen molar-refractivity contribution in [2.24, 2.45) is 11.1 Å². The lowest BCUT2D eigenvalue weighted by molar-refractivity contribution is -0.0498. The normalized spacial score (nSPS) is 11.5. The van der Waals surface area contributed by atoms with Gasteiger partial charge in [0.2, 0.25) is 0 Å². The molecule has 0 fully saturated rings. The van der Waals surface area contributed by atoms with Crippen LogP contribution in [0.1, 0.15) is 37.0 Å². The number of alkyl halides is 2. The Bertz CT molecular complexity index is 447. The molecule has 0 unspecified atom stereocenters. The molecule has 0 aliphatic heterocycles. The summed E-state index contributed by atoms with van der Waals surface area (Å²) in [4.78, 5) is 12.0. The third kappa shape index (κ3) is 6.53. The van der Waals surface area contributed by atoms with Crippen LogP contribution >= 0.6 is 0 Å². The number of hydrogen-bond acceptors (Lipinski definition) is 3. The van der Waals surface area contributed by atoms with Crippen molar-refractivity contribution in [1.82, 2.24) is 5.32 Å². The van der Waals surface area contributed by atoms with Gasteiger partial charge in [-0.15, -0.1) is 0 Å². The lowest BCUT2D eigenvalue weighted by Gasteiger charge is -2.24. The number of halogens is 2. The van der Waals surface area contributed by atoms with Crippen molar-refractivity contribution in [3.63, 3.8) is 0 Å². The Kier molecular flexibility index (Phi) is 6.55. The Morgan fingerprint density at radius 1 is 1.33 bits per heavy atom. The zero-order valence-electron chi connectivity index (χ0n) is 12.4. The Hall–Kier alpha value is -1.69. The number of benzene rings is 1. The molecule has 0 radical (unpaired) electrons. The molecule has 0 spiro atoms. The van der Waals surface area contributed by atoms with Crippen LogP contribution < -0.4 is 15.8 Å². The molecule has 0 aliphatic rings. The minimum absolute atomic E-state index is 0.0322. The van der Waals surface area contributed by atoms with Crippen LogP contribution in [0, 0.1) is 5.41 Å². The fourth-order valence-electron chi connectivity index (χ4n) is 1.88. The number of carbonyl (C=O) groups excluding carboxylic acids is 1.